The second-order valence-electron chi connectivity index (χ2n) is 3.75. The van der Waals surface area contributed by atoms with Crippen molar-refractivity contribution in [2.45, 2.75) is 32.5 Å². The molecular weight excluding hydrogens is 180 g/mol. The normalized spacial score (nSPS) is 16.1. The van der Waals surface area contributed by atoms with E-state index in [0.29, 0.717) is 13.2 Å². The van der Waals surface area contributed by atoms with Gasteiger partial charge < -0.3 is 10.5 Å². The SMILES string of the molecule is COCc1c(CN)nnn1CC1CC1. The Morgan fingerprint density at radius 2 is 2.36 bits per heavy atom. The zero-order valence-electron chi connectivity index (χ0n) is 8.44. The molecule has 5 heteroatoms. The van der Waals surface area contributed by atoms with Crippen LogP contribution in [0.1, 0.15) is 24.2 Å². The highest BCUT2D eigenvalue weighted by molar-refractivity contribution is 5.09. The Morgan fingerprint density at radius 3 is 2.93 bits per heavy atom. The predicted octanol–water partition coefficient (Wildman–Crippen LogP) is 0.293. The van der Waals surface area contributed by atoms with Crippen molar-refractivity contribution in [3.05, 3.63) is 11.4 Å². The number of aromatic nitrogens is 3. The molecule has 1 aliphatic carbocycles. The fraction of sp³-hybridized carbons (Fsp3) is 0.778. The maximum atomic E-state index is 5.57. The molecular formula is C9H16N4O. The summed E-state index contributed by atoms with van der Waals surface area (Å²) >= 11 is 0. The molecule has 1 aromatic rings. The Labute approximate surface area is 83.2 Å². The van der Waals surface area contributed by atoms with Gasteiger partial charge in [0.15, 0.2) is 0 Å². The van der Waals surface area contributed by atoms with Crippen molar-refractivity contribution in [1.82, 2.24) is 15.0 Å². The third kappa shape index (κ3) is 1.93. The molecule has 1 fully saturated rings. The van der Waals surface area contributed by atoms with Crippen molar-refractivity contribution in [3.8, 4) is 0 Å². The summed E-state index contributed by atoms with van der Waals surface area (Å²) in [6, 6.07) is 0. The van der Waals surface area contributed by atoms with Gasteiger partial charge in [0.05, 0.1) is 12.3 Å². The molecule has 0 atom stereocenters. The second kappa shape index (κ2) is 4.06. The molecule has 0 aromatic carbocycles. The highest BCUT2D eigenvalue weighted by atomic mass is 16.5. The average Bonchev–Trinajstić information content (AvgIpc) is 2.91. The Bertz CT molecular complexity index is 306. The largest absolute Gasteiger partial charge is 0.378 e. The van der Waals surface area contributed by atoms with Gasteiger partial charge in [-0.3, -0.25) is 0 Å². The predicted molar refractivity (Wildman–Crippen MR) is 51.4 cm³/mol. The van der Waals surface area contributed by atoms with Gasteiger partial charge in [-0.1, -0.05) is 5.21 Å². The minimum atomic E-state index is 0.434. The molecule has 0 bridgehead atoms. The minimum absolute atomic E-state index is 0.434. The Morgan fingerprint density at radius 1 is 1.57 bits per heavy atom. The number of hydrogen-bond acceptors (Lipinski definition) is 4. The quantitative estimate of drug-likeness (QED) is 0.735. The lowest BCUT2D eigenvalue weighted by molar-refractivity contribution is 0.175. The number of ether oxygens (including phenoxy) is 1. The summed E-state index contributed by atoms with van der Waals surface area (Å²) in [7, 11) is 1.68. The summed E-state index contributed by atoms with van der Waals surface area (Å²) < 4.78 is 7.05. The molecule has 2 N–H and O–H groups in total. The van der Waals surface area contributed by atoms with Gasteiger partial charge in [0.1, 0.15) is 5.69 Å². The van der Waals surface area contributed by atoms with E-state index in [2.05, 4.69) is 10.3 Å². The molecule has 5 nitrogen and oxygen atoms in total. The van der Waals surface area contributed by atoms with E-state index in [-0.39, 0.29) is 0 Å². The first kappa shape index (κ1) is 9.61. The zero-order chi connectivity index (χ0) is 9.97. The molecule has 0 spiro atoms. The summed E-state index contributed by atoms with van der Waals surface area (Å²) in [4.78, 5) is 0. The van der Waals surface area contributed by atoms with Gasteiger partial charge in [0.2, 0.25) is 0 Å². The van der Waals surface area contributed by atoms with Gasteiger partial charge in [-0.25, -0.2) is 4.68 Å². The maximum Gasteiger partial charge on any atom is 0.102 e. The van der Waals surface area contributed by atoms with Gasteiger partial charge in [-0.15, -0.1) is 5.10 Å². The van der Waals surface area contributed by atoms with E-state index in [9.17, 15) is 0 Å². The Balaban J connectivity index is 2.14. The van der Waals surface area contributed by atoms with E-state index < -0.39 is 0 Å². The van der Waals surface area contributed by atoms with Crippen molar-refractivity contribution in [3.63, 3.8) is 0 Å². The molecule has 1 aliphatic rings. The third-order valence-corrected chi connectivity index (χ3v) is 2.52. The summed E-state index contributed by atoms with van der Waals surface area (Å²) in [5.74, 6) is 0.790. The van der Waals surface area contributed by atoms with Crippen LogP contribution >= 0.6 is 0 Å². The molecule has 0 unspecified atom stereocenters. The maximum absolute atomic E-state index is 5.57. The highest BCUT2D eigenvalue weighted by Crippen LogP contribution is 2.30. The summed E-state index contributed by atoms with van der Waals surface area (Å²) in [6.45, 7) is 1.95. The molecule has 1 aromatic heterocycles. The van der Waals surface area contributed by atoms with Gasteiger partial charge in [-0.2, -0.15) is 0 Å². The van der Waals surface area contributed by atoms with Gasteiger partial charge in [0, 0.05) is 20.2 Å². The van der Waals surface area contributed by atoms with Crippen molar-refractivity contribution in [2.75, 3.05) is 7.11 Å². The van der Waals surface area contributed by atoms with Crippen molar-refractivity contribution in [1.29, 1.82) is 0 Å². The van der Waals surface area contributed by atoms with Crippen LogP contribution in [0.4, 0.5) is 0 Å². The van der Waals surface area contributed by atoms with Crippen LogP contribution in [0.25, 0.3) is 0 Å². The number of nitrogens with two attached hydrogens (primary N) is 1. The first-order valence-corrected chi connectivity index (χ1v) is 4.95. The first-order valence-electron chi connectivity index (χ1n) is 4.95. The number of methoxy groups -OCH3 is 1. The van der Waals surface area contributed by atoms with Crippen LogP contribution in [0.2, 0.25) is 0 Å². The van der Waals surface area contributed by atoms with Crippen LogP contribution in [0, 0.1) is 5.92 Å². The van der Waals surface area contributed by atoms with E-state index in [1.165, 1.54) is 12.8 Å². The molecule has 0 aliphatic heterocycles. The first-order chi connectivity index (χ1) is 6.85. The van der Waals surface area contributed by atoms with Crippen molar-refractivity contribution in [2.24, 2.45) is 11.7 Å². The van der Waals surface area contributed by atoms with Crippen molar-refractivity contribution < 1.29 is 4.74 Å². The molecule has 0 amide bonds. The second-order valence-corrected chi connectivity index (χ2v) is 3.75. The fourth-order valence-electron chi connectivity index (χ4n) is 1.51. The Hall–Kier alpha value is -0.940. The lowest BCUT2D eigenvalue weighted by Gasteiger charge is -2.05. The summed E-state index contributed by atoms with van der Waals surface area (Å²) in [5.41, 5.74) is 7.45. The van der Waals surface area contributed by atoms with E-state index in [0.717, 1.165) is 23.9 Å². The monoisotopic (exact) mass is 196 g/mol. The standard InChI is InChI=1S/C9H16N4O/c1-14-6-9-8(4-10)11-12-13(9)5-7-2-3-7/h7H,2-6,10H2,1H3. The summed E-state index contributed by atoms with van der Waals surface area (Å²) in [6.07, 6.45) is 2.62. The molecule has 2 rings (SSSR count). The highest BCUT2D eigenvalue weighted by Gasteiger charge is 2.24. The smallest absolute Gasteiger partial charge is 0.102 e. The van der Waals surface area contributed by atoms with Gasteiger partial charge in [0.25, 0.3) is 0 Å². The van der Waals surface area contributed by atoms with Crippen LogP contribution in [-0.4, -0.2) is 22.1 Å². The molecule has 78 valence electrons. The number of nitrogens with zero attached hydrogens (tertiary/aromatic N) is 3. The van der Waals surface area contributed by atoms with Gasteiger partial charge >= 0.3 is 0 Å². The fourth-order valence-corrected chi connectivity index (χ4v) is 1.51. The van der Waals surface area contributed by atoms with Crippen LogP contribution < -0.4 is 5.73 Å². The minimum Gasteiger partial charge on any atom is -0.378 e. The Kier molecular flexibility index (Phi) is 2.79. The lowest BCUT2D eigenvalue weighted by Crippen LogP contribution is -2.09. The van der Waals surface area contributed by atoms with Crippen LogP contribution in [0.3, 0.4) is 0 Å². The van der Waals surface area contributed by atoms with E-state index >= 15 is 0 Å². The van der Waals surface area contributed by atoms with E-state index in [1.54, 1.807) is 7.11 Å². The topological polar surface area (TPSA) is 66.0 Å². The number of rotatable bonds is 5. The van der Waals surface area contributed by atoms with Gasteiger partial charge in [-0.05, 0) is 18.8 Å². The van der Waals surface area contributed by atoms with Crippen LogP contribution in [0.15, 0.2) is 0 Å². The third-order valence-electron chi connectivity index (χ3n) is 2.52. The molecule has 0 radical (unpaired) electrons. The van der Waals surface area contributed by atoms with Crippen LogP contribution in [0.5, 0.6) is 0 Å². The number of hydrogen-bond donors (Lipinski definition) is 1. The van der Waals surface area contributed by atoms with Crippen LogP contribution in [-0.2, 0) is 24.4 Å². The molecule has 1 saturated carbocycles. The zero-order valence-corrected chi connectivity index (χ0v) is 8.44. The van der Waals surface area contributed by atoms with E-state index in [4.69, 9.17) is 10.5 Å². The average molecular weight is 196 g/mol. The van der Waals surface area contributed by atoms with E-state index in [1.807, 2.05) is 4.68 Å². The molecule has 0 saturated heterocycles. The molecule has 1 heterocycles. The molecule has 14 heavy (non-hydrogen) atoms. The summed E-state index contributed by atoms with van der Waals surface area (Å²) in [5, 5.41) is 8.13. The lowest BCUT2D eigenvalue weighted by atomic mass is 10.3. The van der Waals surface area contributed by atoms with Crippen molar-refractivity contribution >= 4 is 0 Å².